The van der Waals surface area contributed by atoms with Crippen molar-refractivity contribution in [3.63, 3.8) is 0 Å². The number of nitrogens with one attached hydrogen (secondary N) is 3. The molecule has 0 amide bonds. The number of hydrogen-bond donors (Lipinski definition) is 5. The molecule has 8 nitrogen and oxygen atoms in total. The van der Waals surface area contributed by atoms with E-state index in [2.05, 4.69) is 22.5 Å². The maximum Gasteiger partial charge on any atom is 0.329 e. The highest BCUT2D eigenvalue weighted by molar-refractivity contribution is 5.98. The number of carbonyl (C=O) groups is 2. The van der Waals surface area contributed by atoms with Crippen LogP contribution in [0.15, 0.2) is 48.5 Å². The minimum atomic E-state index is -1.02. The van der Waals surface area contributed by atoms with Crippen molar-refractivity contribution in [1.82, 2.24) is 5.32 Å². The number of carboxylic acids is 1. The first kappa shape index (κ1) is 23.0. The fraction of sp³-hybridized carbons (Fsp3) is 0.292. The van der Waals surface area contributed by atoms with Crippen molar-refractivity contribution in [2.24, 2.45) is 17.6 Å². The number of nitrogens with two attached hydrogens (primary N) is 1. The molecule has 0 saturated carbocycles. The summed E-state index contributed by atoms with van der Waals surface area (Å²) in [6.45, 7) is 1.52. The van der Waals surface area contributed by atoms with E-state index in [0.717, 1.165) is 11.3 Å². The van der Waals surface area contributed by atoms with E-state index >= 15 is 0 Å². The standard InChI is InChI=1S/C24H26N4O4/c25-24(26)18-7-9-20(10-8-18)28-11-1-2-16-3-5-17(6-4-16)23(31)21-13-27-12-19(21)14-32-15-22(29)30/h3-10,19,21,27-28H,11-15H2,(H3,25,26)(H,29,30). The van der Waals surface area contributed by atoms with Gasteiger partial charge in [-0.25, -0.2) is 4.79 Å². The van der Waals surface area contributed by atoms with Crippen molar-refractivity contribution in [3.05, 3.63) is 65.2 Å². The van der Waals surface area contributed by atoms with Gasteiger partial charge in [0.15, 0.2) is 5.78 Å². The summed E-state index contributed by atoms with van der Waals surface area (Å²) in [6, 6.07) is 14.4. The molecule has 0 spiro atoms. The van der Waals surface area contributed by atoms with Crippen molar-refractivity contribution >= 4 is 23.3 Å². The number of carbonyl (C=O) groups excluding carboxylic acids is 1. The van der Waals surface area contributed by atoms with Crippen molar-refractivity contribution in [2.45, 2.75) is 0 Å². The molecule has 6 N–H and O–H groups in total. The number of aliphatic carboxylic acids is 1. The Hall–Kier alpha value is -3.67. The maximum absolute atomic E-state index is 12.9. The Morgan fingerprint density at radius 3 is 2.47 bits per heavy atom. The fourth-order valence-corrected chi connectivity index (χ4v) is 3.50. The lowest BCUT2D eigenvalue weighted by molar-refractivity contribution is -0.142. The topological polar surface area (TPSA) is 138 Å². The average molecular weight is 434 g/mol. The number of amidine groups is 1. The van der Waals surface area contributed by atoms with Gasteiger partial charge in [0.1, 0.15) is 12.4 Å². The molecular formula is C24H26N4O4. The van der Waals surface area contributed by atoms with Gasteiger partial charge in [-0.05, 0) is 36.4 Å². The smallest absolute Gasteiger partial charge is 0.329 e. The molecule has 0 radical (unpaired) electrons. The molecule has 0 aromatic heterocycles. The zero-order valence-electron chi connectivity index (χ0n) is 17.6. The Bertz CT molecular complexity index is 1020. The van der Waals surface area contributed by atoms with E-state index < -0.39 is 5.97 Å². The van der Waals surface area contributed by atoms with Gasteiger partial charge in [-0.15, -0.1) is 0 Å². The first-order chi connectivity index (χ1) is 15.4. The lowest BCUT2D eigenvalue weighted by Gasteiger charge is -2.17. The van der Waals surface area contributed by atoms with Gasteiger partial charge in [-0.2, -0.15) is 0 Å². The molecule has 1 aliphatic heterocycles. The molecule has 2 aromatic carbocycles. The second-order valence-corrected chi connectivity index (χ2v) is 7.52. The SMILES string of the molecule is N=C(N)c1ccc(NCC#Cc2ccc(C(=O)C3CNCC3COCC(=O)O)cc2)cc1. The Kier molecular flexibility index (Phi) is 7.97. The predicted octanol–water partition coefficient (Wildman–Crippen LogP) is 1.55. The van der Waals surface area contributed by atoms with Crippen LogP contribution in [0.5, 0.6) is 0 Å². The van der Waals surface area contributed by atoms with E-state index in [1.807, 2.05) is 24.3 Å². The van der Waals surface area contributed by atoms with E-state index in [1.54, 1.807) is 24.3 Å². The molecule has 1 heterocycles. The zero-order chi connectivity index (χ0) is 22.9. The fourth-order valence-electron chi connectivity index (χ4n) is 3.50. The number of Topliss-reactive ketones (excluding diaryl/α,β-unsaturated/α-hetero) is 1. The van der Waals surface area contributed by atoms with Gasteiger partial charge in [0, 0.05) is 47.3 Å². The zero-order valence-corrected chi connectivity index (χ0v) is 17.6. The second-order valence-electron chi connectivity index (χ2n) is 7.52. The maximum atomic E-state index is 12.9. The van der Waals surface area contributed by atoms with Gasteiger partial charge in [0.05, 0.1) is 13.2 Å². The van der Waals surface area contributed by atoms with Crippen LogP contribution in [0.3, 0.4) is 0 Å². The minimum Gasteiger partial charge on any atom is -0.480 e. The summed E-state index contributed by atoms with van der Waals surface area (Å²) < 4.78 is 5.19. The van der Waals surface area contributed by atoms with Crippen molar-refractivity contribution in [3.8, 4) is 11.8 Å². The number of anilines is 1. The quantitative estimate of drug-likeness (QED) is 0.175. The molecule has 2 atom stereocenters. The van der Waals surface area contributed by atoms with Gasteiger partial charge >= 0.3 is 5.97 Å². The molecule has 2 unspecified atom stereocenters. The Balaban J connectivity index is 1.51. The number of hydrogen-bond acceptors (Lipinski definition) is 6. The number of rotatable bonds is 9. The average Bonchev–Trinajstić information content (AvgIpc) is 3.25. The summed E-state index contributed by atoms with van der Waals surface area (Å²) in [6.07, 6.45) is 0. The van der Waals surface area contributed by atoms with Crippen LogP contribution in [0.1, 0.15) is 21.5 Å². The van der Waals surface area contributed by atoms with Crippen LogP contribution in [-0.2, 0) is 9.53 Å². The lowest BCUT2D eigenvalue weighted by atomic mass is 9.88. The lowest BCUT2D eigenvalue weighted by Crippen LogP contribution is -2.27. The van der Waals surface area contributed by atoms with E-state index in [-0.39, 0.29) is 36.7 Å². The monoisotopic (exact) mass is 434 g/mol. The highest BCUT2D eigenvalue weighted by atomic mass is 16.5. The largest absolute Gasteiger partial charge is 0.480 e. The molecule has 1 saturated heterocycles. The van der Waals surface area contributed by atoms with E-state index in [4.69, 9.17) is 21.0 Å². The van der Waals surface area contributed by atoms with Crippen LogP contribution in [0, 0.1) is 29.1 Å². The summed E-state index contributed by atoms with van der Waals surface area (Å²) in [5.74, 6) is 4.86. The van der Waals surface area contributed by atoms with Crippen LogP contribution in [0.25, 0.3) is 0 Å². The number of benzene rings is 2. The predicted molar refractivity (Wildman–Crippen MR) is 122 cm³/mol. The second kappa shape index (κ2) is 11.1. The van der Waals surface area contributed by atoms with Gasteiger partial charge in [-0.3, -0.25) is 10.2 Å². The highest BCUT2D eigenvalue weighted by Gasteiger charge is 2.33. The molecule has 0 aliphatic carbocycles. The van der Waals surface area contributed by atoms with Crippen molar-refractivity contribution in [1.29, 1.82) is 5.41 Å². The van der Waals surface area contributed by atoms with Crippen LogP contribution in [-0.4, -0.2) is 55.5 Å². The minimum absolute atomic E-state index is 0.0223. The molecule has 8 heteroatoms. The Morgan fingerprint density at radius 2 is 1.81 bits per heavy atom. The van der Waals surface area contributed by atoms with E-state index in [0.29, 0.717) is 30.8 Å². The molecule has 32 heavy (non-hydrogen) atoms. The third-order valence-corrected chi connectivity index (χ3v) is 5.21. The molecule has 3 rings (SSSR count). The summed E-state index contributed by atoms with van der Waals surface area (Å²) in [4.78, 5) is 23.5. The summed E-state index contributed by atoms with van der Waals surface area (Å²) in [5.41, 5.74) is 8.41. The van der Waals surface area contributed by atoms with Crippen LogP contribution in [0.2, 0.25) is 0 Å². The van der Waals surface area contributed by atoms with Gasteiger partial charge < -0.3 is 26.2 Å². The Labute approximate surface area is 186 Å². The number of ether oxygens (including phenoxy) is 1. The number of carboxylic acid groups (broad SMARTS) is 1. The summed E-state index contributed by atoms with van der Waals surface area (Å²) >= 11 is 0. The number of nitrogen functional groups attached to an aromatic ring is 1. The van der Waals surface area contributed by atoms with Crippen LogP contribution in [0.4, 0.5) is 5.69 Å². The first-order valence-electron chi connectivity index (χ1n) is 10.3. The number of ketones is 1. The van der Waals surface area contributed by atoms with Gasteiger partial charge in [0.25, 0.3) is 0 Å². The molecule has 166 valence electrons. The third kappa shape index (κ3) is 6.41. The van der Waals surface area contributed by atoms with Gasteiger partial charge in [0.2, 0.25) is 0 Å². The third-order valence-electron chi connectivity index (χ3n) is 5.21. The molecule has 0 bridgehead atoms. The van der Waals surface area contributed by atoms with E-state index in [1.165, 1.54) is 0 Å². The van der Waals surface area contributed by atoms with Crippen molar-refractivity contribution < 1.29 is 19.4 Å². The van der Waals surface area contributed by atoms with Crippen LogP contribution < -0.4 is 16.4 Å². The summed E-state index contributed by atoms with van der Waals surface area (Å²) in [5, 5.41) is 22.5. The molecule has 1 fully saturated rings. The molecule has 2 aromatic rings. The summed E-state index contributed by atoms with van der Waals surface area (Å²) in [7, 11) is 0. The van der Waals surface area contributed by atoms with Crippen molar-refractivity contribution in [2.75, 3.05) is 38.2 Å². The molecule has 1 aliphatic rings. The highest BCUT2D eigenvalue weighted by Crippen LogP contribution is 2.22. The van der Waals surface area contributed by atoms with Gasteiger partial charge in [-0.1, -0.05) is 24.0 Å². The Morgan fingerprint density at radius 1 is 1.12 bits per heavy atom. The first-order valence-corrected chi connectivity index (χ1v) is 10.3. The van der Waals surface area contributed by atoms with Crippen LogP contribution >= 0.6 is 0 Å². The molecular weight excluding hydrogens is 408 g/mol. The normalized spacial score (nSPS) is 17.2. The van der Waals surface area contributed by atoms with E-state index in [9.17, 15) is 9.59 Å².